The summed E-state index contributed by atoms with van der Waals surface area (Å²) in [6, 6.07) is 0.966. The molecule has 0 saturated heterocycles. The van der Waals surface area contributed by atoms with Gasteiger partial charge in [0.2, 0.25) is 5.91 Å². The number of rotatable bonds is 6. The Morgan fingerprint density at radius 2 is 1.90 bits per heavy atom. The Morgan fingerprint density at radius 3 is 2.43 bits per heavy atom. The molecule has 0 heterocycles. The zero-order chi connectivity index (χ0) is 22.8. The molecule has 1 aliphatic carbocycles. The third-order valence-electron chi connectivity index (χ3n) is 5.09. The van der Waals surface area contributed by atoms with Crippen molar-refractivity contribution in [2.45, 2.75) is 56.6 Å². The third-order valence-corrected chi connectivity index (χ3v) is 5.38. The molecule has 0 aromatic heterocycles. The standard InChI is InChI=1S/C19H25ClFN3O6/c1-8(2)14(16(22)27)24-18(29)19(30)6-12(15(26)13(25)7-19)23-17(28)9-3-4-11(21)10(20)5-9/h3-5,8,12-15,25-26,30H,6-7H2,1-2H3,(H2,22,27)(H,23,28)(H,24,29)/t12-,13+,14+,15+,19-/m0/s1. The normalized spacial score (nSPS) is 27.4. The third kappa shape index (κ3) is 5.25. The molecule has 0 bridgehead atoms. The SMILES string of the molecule is CC(C)[C@@H](NC(=O)[C@@]1(O)C[C@@H](O)[C@H](O)[C@@H](NC(=O)c2ccc(F)c(Cl)c2)C1)C(N)=O. The number of nitrogens with two attached hydrogens (primary N) is 1. The predicted molar refractivity (Wildman–Crippen MR) is 105 cm³/mol. The second-order valence-electron chi connectivity index (χ2n) is 7.80. The van der Waals surface area contributed by atoms with Crippen LogP contribution in [0.1, 0.15) is 37.0 Å². The van der Waals surface area contributed by atoms with Gasteiger partial charge in [0, 0.05) is 18.4 Å². The molecule has 7 N–H and O–H groups in total. The first-order valence-electron chi connectivity index (χ1n) is 9.30. The molecule has 0 spiro atoms. The van der Waals surface area contributed by atoms with Gasteiger partial charge in [0.1, 0.15) is 23.6 Å². The van der Waals surface area contributed by atoms with E-state index in [1.54, 1.807) is 13.8 Å². The fourth-order valence-corrected chi connectivity index (χ4v) is 3.54. The summed E-state index contributed by atoms with van der Waals surface area (Å²) in [5, 5.41) is 35.7. The molecule has 3 amide bonds. The first kappa shape index (κ1) is 24.0. The van der Waals surface area contributed by atoms with Crippen LogP contribution in [0, 0.1) is 11.7 Å². The summed E-state index contributed by atoms with van der Waals surface area (Å²) in [4.78, 5) is 36.6. The Labute approximate surface area is 177 Å². The van der Waals surface area contributed by atoms with Crippen LogP contribution in [-0.2, 0) is 9.59 Å². The second-order valence-corrected chi connectivity index (χ2v) is 8.21. The maximum absolute atomic E-state index is 13.3. The minimum atomic E-state index is -2.18. The largest absolute Gasteiger partial charge is 0.390 e. The minimum absolute atomic E-state index is 0.0183. The summed E-state index contributed by atoms with van der Waals surface area (Å²) in [5.41, 5.74) is 3.07. The van der Waals surface area contributed by atoms with E-state index in [0.29, 0.717) is 0 Å². The van der Waals surface area contributed by atoms with Gasteiger partial charge in [-0.1, -0.05) is 25.4 Å². The van der Waals surface area contributed by atoms with Crippen LogP contribution in [-0.4, -0.2) is 62.9 Å². The number of nitrogens with one attached hydrogen (secondary N) is 2. The Kier molecular flexibility index (Phi) is 7.40. The monoisotopic (exact) mass is 445 g/mol. The lowest BCUT2D eigenvalue weighted by atomic mass is 9.77. The highest BCUT2D eigenvalue weighted by atomic mass is 35.5. The van der Waals surface area contributed by atoms with E-state index in [4.69, 9.17) is 17.3 Å². The summed E-state index contributed by atoms with van der Waals surface area (Å²) in [7, 11) is 0. The van der Waals surface area contributed by atoms with Crippen molar-refractivity contribution in [3.63, 3.8) is 0 Å². The quantitative estimate of drug-likeness (QED) is 0.344. The lowest BCUT2D eigenvalue weighted by molar-refractivity contribution is -0.159. The molecular weight excluding hydrogens is 421 g/mol. The van der Waals surface area contributed by atoms with E-state index in [9.17, 15) is 34.1 Å². The highest BCUT2D eigenvalue weighted by Crippen LogP contribution is 2.30. The predicted octanol–water partition coefficient (Wildman–Crippen LogP) is -0.550. The first-order valence-corrected chi connectivity index (χ1v) is 9.68. The molecule has 166 valence electrons. The van der Waals surface area contributed by atoms with Crippen LogP contribution in [0.25, 0.3) is 0 Å². The first-order chi connectivity index (χ1) is 13.9. The zero-order valence-corrected chi connectivity index (χ0v) is 17.2. The van der Waals surface area contributed by atoms with Crippen molar-refractivity contribution in [3.05, 3.63) is 34.6 Å². The van der Waals surface area contributed by atoms with Crippen LogP contribution in [0.4, 0.5) is 4.39 Å². The van der Waals surface area contributed by atoms with Gasteiger partial charge in [-0.2, -0.15) is 0 Å². The highest BCUT2D eigenvalue weighted by molar-refractivity contribution is 6.31. The van der Waals surface area contributed by atoms with Crippen LogP contribution < -0.4 is 16.4 Å². The van der Waals surface area contributed by atoms with Crippen LogP contribution in [0.2, 0.25) is 5.02 Å². The van der Waals surface area contributed by atoms with Gasteiger partial charge in [0.25, 0.3) is 11.8 Å². The van der Waals surface area contributed by atoms with E-state index in [0.717, 1.165) is 12.1 Å². The fraction of sp³-hybridized carbons (Fsp3) is 0.526. The average molecular weight is 446 g/mol. The smallest absolute Gasteiger partial charge is 0.252 e. The Morgan fingerprint density at radius 1 is 1.27 bits per heavy atom. The molecule has 11 heteroatoms. The van der Waals surface area contributed by atoms with Crippen LogP contribution in [0.3, 0.4) is 0 Å². The van der Waals surface area contributed by atoms with Crippen molar-refractivity contribution in [2.24, 2.45) is 11.7 Å². The van der Waals surface area contributed by atoms with Crippen molar-refractivity contribution < 1.29 is 34.1 Å². The van der Waals surface area contributed by atoms with Gasteiger partial charge in [-0.25, -0.2) is 4.39 Å². The molecule has 0 aliphatic heterocycles. The van der Waals surface area contributed by atoms with Crippen molar-refractivity contribution in [3.8, 4) is 0 Å². The van der Waals surface area contributed by atoms with Gasteiger partial charge in [-0.3, -0.25) is 14.4 Å². The number of aliphatic hydroxyl groups excluding tert-OH is 2. The molecule has 2 rings (SSSR count). The van der Waals surface area contributed by atoms with Gasteiger partial charge in [0.05, 0.1) is 17.2 Å². The Balaban J connectivity index is 2.19. The number of aliphatic hydroxyl groups is 3. The number of carbonyl (C=O) groups is 3. The van der Waals surface area contributed by atoms with Gasteiger partial charge < -0.3 is 31.7 Å². The average Bonchev–Trinajstić information content (AvgIpc) is 2.65. The lowest BCUT2D eigenvalue weighted by Crippen LogP contribution is -2.64. The summed E-state index contributed by atoms with van der Waals surface area (Å²) < 4.78 is 13.3. The second kappa shape index (κ2) is 9.25. The molecule has 1 aromatic carbocycles. The summed E-state index contributed by atoms with van der Waals surface area (Å²) in [5.74, 6) is -3.59. The van der Waals surface area contributed by atoms with Gasteiger partial charge >= 0.3 is 0 Å². The molecule has 5 atom stereocenters. The van der Waals surface area contributed by atoms with Crippen LogP contribution in [0.15, 0.2) is 18.2 Å². The van der Waals surface area contributed by atoms with Crippen molar-refractivity contribution in [2.75, 3.05) is 0 Å². The molecule has 30 heavy (non-hydrogen) atoms. The molecule has 1 fully saturated rings. The number of hydrogen-bond acceptors (Lipinski definition) is 6. The van der Waals surface area contributed by atoms with E-state index in [2.05, 4.69) is 10.6 Å². The molecular formula is C19H25ClFN3O6. The van der Waals surface area contributed by atoms with E-state index in [1.807, 2.05) is 0 Å². The van der Waals surface area contributed by atoms with E-state index < -0.39 is 66.3 Å². The van der Waals surface area contributed by atoms with Crippen molar-refractivity contribution in [1.29, 1.82) is 0 Å². The molecule has 9 nitrogen and oxygen atoms in total. The summed E-state index contributed by atoms with van der Waals surface area (Å²) in [6.07, 6.45) is -3.97. The highest BCUT2D eigenvalue weighted by Gasteiger charge is 2.49. The number of primary amides is 1. The fourth-order valence-electron chi connectivity index (χ4n) is 3.36. The molecule has 1 saturated carbocycles. The minimum Gasteiger partial charge on any atom is -0.390 e. The number of amides is 3. The van der Waals surface area contributed by atoms with Gasteiger partial charge in [0.15, 0.2) is 0 Å². The van der Waals surface area contributed by atoms with Crippen LogP contribution >= 0.6 is 11.6 Å². The van der Waals surface area contributed by atoms with E-state index in [-0.39, 0.29) is 16.5 Å². The lowest BCUT2D eigenvalue weighted by Gasteiger charge is -2.42. The number of benzene rings is 1. The van der Waals surface area contributed by atoms with Gasteiger partial charge in [-0.05, 0) is 24.1 Å². The zero-order valence-electron chi connectivity index (χ0n) is 16.4. The molecule has 1 aliphatic rings. The van der Waals surface area contributed by atoms with E-state index in [1.165, 1.54) is 6.07 Å². The number of hydrogen-bond donors (Lipinski definition) is 6. The molecule has 0 radical (unpaired) electrons. The topological polar surface area (TPSA) is 162 Å². The number of carbonyl (C=O) groups excluding carboxylic acids is 3. The molecule has 0 unspecified atom stereocenters. The van der Waals surface area contributed by atoms with Crippen LogP contribution in [0.5, 0.6) is 0 Å². The molecule has 1 aromatic rings. The van der Waals surface area contributed by atoms with Gasteiger partial charge in [-0.15, -0.1) is 0 Å². The van der Waals surface area contributed by atoms with E-state index >= 15 is 0 Å². The maximum Gasteiger partial charge on any atom is 0.252 e. The Hall–Kier alpha value is -2.27. The summed E-state index contributed by atoms with van der Waals surface area (Å²) in [6.45, 7) is 3.30. The van der Waals surface area contributed by atoms with Crippen molar-refractivity contribution in [1.82, 2.24) is 10.6 Å². The number of halogens is 2. The van der Waals surface area contributed by atoms with Crippen molar-refractivity contribution >= 4 is 29.3 Å². The maximum atomic E-state index is 13.3. The Bertz CT molecular complexity index is 838. The summed E-state index contributed by atoms with van der Waals surface area (Å²) >= 11 is 5.66.